The molecule has 1 aromatic rings. The van der Waals surface area contributed by atoms with Crippen molar-refractivity contribution in [1.29, 1.82) is 0 Å². The number of methoxy groups -OCH3 is 1. The fourth-order valence-electron chi connectivity index (χ4n) is 1.38. The first-order valence-corrected chi connectivity index (χ1v) is 7.53. The van der Waals surface area contributed by atoms with Gasteiger partial charge in [-0.25, -0.2) is 13.2 Å². The van der Waals surface area contributed by atoms with Crippen LogP contribution < -0.4 is 10.1 Å². The number of carbonyl (C=O) groups is 2. The number of anilines is 1. The maximum Gasteiger partial charge on any atom is 0.339 e. The van der Waals surface area contributed by atoms with Crippen LogP contribution in [0.4, 0.5) is 5.69 Å². The lowest BCUT2D eigenvalue weighted by Gasteiger charge is -2.12. The molecule has 0 aromatic heterocycles. The highest BCUT2D eigenvalue weighted by Crippen LogP contribution is 2.23. The van der Waals surface area contributed by atoms with Gasteiger partial charge >= 0.3 is 5.97 Å². The fraction of sp³-hybridized carbons (Fsp3) is 0.333. The maximum atomic E-state index is 11.7. The van der Waals surface area contributed by atoms with E-state index in [1.165, 1.54) is 32.2 Å². The first kappa shape index (κ1) is 16.0. The van der Waals surface area contributed by atoms with E-state index in [1.54, 1.807) is 0 Å². The summed E-state index contributed by atoms with van der Waals surface area (Å²) in [5.41, 5.74) is 0.203. The molecule has 0 aliphatic carbocycles. The van der Waals surface area contributed by atoms with E-state index in [0.29, 0.717) is 0 Å². The van der Waals surface area contributed by atoms with Crippen molar-refractivity contribution in [3.63, 3.8) is 0 Å². The van der Waals surface area contributed by atoms with Crippen LogP contribution in [0.15, 0.2) is 18.2 Å². The lowest BCUT2D eigenvalue weighted by molar-refractivity contribution is -0.115. The average Bonchev–Trinajstić information content (AvgIpc) is 2.36. The molecule has 0 spiro atoms. The van der Waals surface area contributed by atoms with Crippen molar-refractivity contribution in [2.75, 3.05) is 18.7 Å². The number of hydrogen-bond donors (Lipinski definition) is 2. The highest BCUT2D eigenvalue weighted by molar-refractivity contribution is 7.92. The third kappa shape index (κ3) is 3.70. The number of ether oxygens (including phenoxy) is 1. The first-order chi connectivity index (χ1) is 9.16. The summed E-state index contributed by atoms with van der Waals surface area (Å²) in [6, 6.07) is 3.94. The zero-order valence-corrected chi connectivity index (χ0v) is 12.0. The minimum atomic E-state index is -3.50. The molecular weight excluding hydrogens is 286 g/mol. The van der Waals surface area contributed by atoms with Crippen molar-refractivity contribution in [3.05, 3.63) is 23.8 Å². The second-order valence-corrected chi connectivity index (χ2v) is 6.55. The molecule has 0 fully saturated rings. The van der Waals surface area contributed by atoms with Crippen molar-refractivity contribution in [2.24, 2.45) is 0 Å². The smallest absolute Gasteiger partial charge is 0.339 e. The number of benzene rings is 1. The number of nitrogens with one attached hydrogen (secondary N) is 1. The number of sulfone groups is 1. The number of hydrogen-bond acceptors (Lipinski definition) is 5. The predicted octanol–water partition coefficient (Wildman–Crippen LogP) is 0.765. The van der Waals surface area contributed by atoms with Gasteiger partial charge < -0.3 is 15.2 Å². The Morgan fingerprint density at radius 1 is 1.35 bits per heavy atom. The summed E-state index contributed by atoms with van der Waals surface area (Å²) in [7, 11) is -2.20. The van der Waals surface area contributed by atoms with Gasteiger partial charge in [-0.15, -0.1) is 0 Å². The molecule has 1 atom stereocenters. The van der Waals surface area contributed by atoms with Gasteiger partial charge in [0.05, 0.1) is 7.11 Å². The van der Waals surface area contributed by atoms with Crippen molar-refractivity contribution >= 4 is 27.4 Å². The van der Waals surface area contributed by atoms with Crippen molar-refractivity contribution < 1.29 is 27.9 Å². The Kier molecular flexibility index (Phi) is 4.72. The Morgan fingerprint density at radius 3 is 2.40 bits per heavy atom. The molecule has 1 rings (SSSR count). The summed E-state index contributed by atoms with van der Waals surface area (Å²) in [5.74, 6) is -1.79. The number of carboxylic acids is 1. The summed E-state index contributed by atoms with van der Waals surface area (Å²) >= 11 is 0. The third-order valence-corrected chi connectivity index (χ3v) is 4.21. The molecule has 20 heavy (non-hydrogen) atoms. The molecule has 0 heterocycles. The Morgan fingerprint density at radius 2 is 1.95 bits per heavy atom. The molecule has 0 radical (unpaired) electrons. The van der Waals surface area contributed by atoms with E-state index in [-0.39, 0.29) is 17.0 Å². The molecule has 8 heteroatoms. The Balaban J connectivity index is 3.00. The Bertz CT molecular complexity index is 637. The van der Waals surface area contributed by atoms with Gasteiger partial charge in [0.2, 0.25) is 5.91 Å². The number of carboxylic acid groups (broad SMARTS) is 1. The van der Waals surface area contributed by atoms with Crippen LogP contribution in [0.1, 0.15) is 17.3 Å². The molecule has 0 saturated carbocycles. The normalized spacial score (nSPS) is 12.6. The monoisotopic (exact) mass is 301 g/mol. The predicted molar refractivity (Wildman–Crippen MR) is 72.9 cm³/mol. The minimum absolute atomic E-state index is 0.0540. The van der Waals surface area contributed by atoms with E-state index < -0.39 is 27.0 Å². The summed E-state index contributed by atoms with van der Waals surface area (Å²) < 4.78 is 27.4. The van der Waals surface area contributed by atoms with Crippen molar-refractivity contribution in [2.45, 2.75) is 12.2 Å². The van der Waals surface area contributed by atoms with E-state index in [4.69, 9.17) is 9.84 Å². The number of rotatable bonds is 5. The van der Waals surface area contributed by atoms with E-state index in [9.17, 15) is 18.0 Å². The molecule has 1 amide bonds. The van der Waals surface area contributed by atoms with Gasteiger partial charge in [-0.1, -0.05) is 0 Å². The molecule has 1 unspecified atom stereocenters. The molecule has 0 saturated heterocycles. The van der Waals surface area contributed by atoms with Crippen LogP contribution >= 0.6 is 0 Å². The molecular formula is C12H15NO6S. The lowest BCUT2D eigenvalue weighted by atomic mass is 10.2. The highest BCUT2D eigenvalue weighted by Gasteiger charge is 2.24. The first-order valence-electron chi connectivity index (χ1n) is 5.58. The van der Waals surface area contributed by atoms with Crippen LogP contribution in [-0.2, 0) is 14.6 Å². The van der Waals surface area contributed by atoms with Gasteiger partial charge in [0, 0.05) is 18.0 Å². The van der Waals surface area contributed by atoms with E-state index in [2.05, 4.69) is 5.32 Å². The van der Waals surface area contributed by atoms with Crippen LogP contribution in [0.25, 0.3) is 0 Å². The number of aromatic carboxylic acids is 1. The molecule has 1 aromatic carbocycles. The molecule has 2 N–H and O–H groups in total. The van der Waals surface area contributed by atoms with Crippen molar-refractivity contribution in [1.82, 2.24) is 0 Å². The number of carbonyl (C=O) groups excluding carboxylic acids is 1. The van der Waals surface area contributed by atoms with E-state index in [0.717, 1.165) is 6.26 Å². The summed E-state index contributed by atoms with van der Waals surface area (Å²) in [4.78, 5) is 22.6. The summed E-state index contributed by atoms with van der Waals surface area (Å²) in [6.07, 6.45) is 0.964. The topological polar surface area (TPSA) is 110 Å². The highest BCUT2D eigenvalue weighted by atomic mass is 32.2. The molecule has 110 valence electrons. The lowest BCUT2D eigenvalue weighted by Crippen LogP contribution is -2.31. The van der Waals surface area contributed by atoms with Gasteiger partial charge in [-0.3, -0.25) is 4.79 Å². The van der Waals surface area contributed by atoms with E-state index in [1.807, 2.05) is 0 Å². The summed E-state index contributed by atoms with van der Waals surface area (Å²) in [5, 5.41) is 10.1. The maximum absolute atomic E-state index is 11.7. The quantitative estimate of drug-likeness (QED) is 0.831. The molecule has 0 bridgehead atoms. The van der Waals surface area contributed by atoms with Crippen LogP contribution in [0, 0.1) is 0 Å². The molecule has 0 aliphatic rings. The van der Waals surface area contributed by atoms with Crippen molar-refractivity contribution in [3.8, 4) is 5.75 Å². The summed E-state index contributed by atoms with van der Waals surface area (Å²) in [6.45, 7) is 1.27. The van der Waals surface area contributed by atoms with Crippen LogP contribution in [0.3, 0.4) is 0 Å². The molecule has 7 nitrogen and oxygen atoms in total. The average molecular weight is 301 g/mol. The third-order valence-electron chi connectivity index (χ3n) is 2.71. The Labute approximate surface area is 116 Å². The van der Waals surface area contributed by atoms with Crippen LogP contribution in [0.5, 0.6) is 5.75 Å². The standard InChI is InChI=1S/C12H15NO6S/c1-7(20(3,17)18)11(14)13-8-4-5-9(12(15)16)10(6-8)19-2/h4-7H,1-3H3,(H,13,14)(H,15,16). The zero-order valence-electron chi connectivity index (χ0n) is 11.2. The zero-order chi connectivity index (χ0) is 15.5. The second-order valence-electron chi connectivity index (χ2n) is 4.18. The van der Waals surface area contributed by atoms with E-state index >= 15 is 0 Å². The van der Waals surface area contributed by atoms with Crippen LogP contribution in [-0.4, -0.2) is 44.0 Å². The number of amides is 1. The minimum Gasteiger partial charge on any atom is -0.496 e. The van der Waals surface area contributed by atoms with Gasteiger partial charge in [0.25, 0.3) is 0 Å². The molecule has 0 aliphatic heterocycles. The van der Waals surface area contributed by atoms with Gasteiger partial charge in [-0.2, -0.15) is 0 Å². The van der Waals surface area contributed by atoms with Gasteiger partial charge in [-0.05, 0) is 19.1 Å². The fourth-order valence-corrected chi connectivity index (χ4v) is 1.83. The largest absolute Gasteiger partial charge is 0.496 e. The Hall–Kier alpha value is -2.09. The van der Waals surface area contributed by atoms with Crippen LogP contribution in [0.2, 0.25) is 0 Å². The SMILES string of the molecule is COc1cc(NC(=O)C(C)S(C)(=O)=O)ccc1C(=O)O. The second kappa shape index (κ2) is 5.91. The van der Waals surface area contributed by atoms with Gasteiger partial charge in [0.1, 0.15) is 16.6 Å². The van der Waals surface area contributed by atoms with Gasteiger partial charge in [0.15, 0.2) is 9.84 Å².